The fraction of sp³-hybridized carbons (Fsp3) is 0.532. The number of oxime groups is 1. The number of aliphatic hydroxyl groups is 2. The standard InChI is InChI=1S/C47H60N4O10S/c1-4-23-58-47-42(62-25-18-32-30-48-19-20-49-32)29-39(51-61-43-13-7-10-24-57-43)36-26-31(11-5-8-21-52)35(12-6-9-22-53)44(45(36)47)37-27-34(15-17-40(37)60-47)59-46(54)50-38-16-14-33(55-2)28-41(38)56-3/h4,14-17,19-20,26-28,30-31,35,42-45,52-53H,1,5-13,18,21-25,29H2,2-3H3,(H,50,54)/t31-,35+,42-,43?,44+,45+,47+/m0/s1. The van der Waals surface area contributed by atoms with E-state index in [0.717, 1.165) is 73.2 Å². The second-order valence-corrected chi connectivity index (χ2v) is 17.4. The molecule has 3 aromatic rings. The summed E-state index contributed by atoms with van der Waals surface area (Å²) in [5, 5.41) is 27.4. The van der Waals surface area contributed by atoms with Crippen molar-refractivity contribution >= 4 is 29.3 Å². The number of aromatic nitrogens is 2. The Balaban J connectivity index is 1.32. The van der Waals surface area contributed by atoms with Crippen molar-refractivity contribution in [3.05, 3.63) is 90.6 Å². The largest absolute Gasteiger partial charge is 0.497 e. The fourth-order valence-electron chi connectivity index (χ4n) is 9.37. The highest BCUT2D eigenvalue weighted by Crippen LogP contribution is 2.62. The zero-order chi connectivity index (χ0) is 43.3. The highest BCUT2D eigenvalue weighted by molar-refractivity contribution is 8.00. The number of hydrogen-bond acceptors (Lipinski definition) is 14. The lowest BCUT2D eigenvalue weighted by atomic mass is 9.56. The molecule has 14 nitrogen and oxygen atoms in total. The van der Waals surface area contributed by atoms with E-state index in [1.165, 1.54) is 7.11 Å². The van der Waals surface area contributed by atoms with Crippen LogP contribution in [0.15, 0.2) is 84.4 Å². The van der Waals surface area contributed by atoms with Gasteiger partial charge < -0.3 is 43.5 Å². The highest BCUT2D eigenvalue weighted by Gasteiger charge is 2.64. The fourth-order valence-corrected chi connectivity index (χ4v) is 10.7. The maximum Gasteiger partial charge on any atom is 0.417 e. The minimum atomic E-state index is -1.15. The van der Waals surface area contributed by atoms with E-state index in [1.807, 2.05) is 12.1 Å². The molecule has 1 saturated heterocycles. The number of fused-ring (bicyclic) bond motifs is 2. The molecule has 1 saturated carbocycles. The number of anilines is 1. The van der Waals surface area contributed by atoms with Crippen LogP contribution in [-0.4, -0.2) is 95.7 Å². The number of aliphatic hydroxyl groups excluding tert-OH is 2. The number of rotatable bonds is 21. The number of nitrogens with one attached hydrogen (secondary N) is 1. The first kappa shape index (κ1) is 45.4. The van der Waals surface area contributed by atoms with Crippen LogP contribution in [0.2, 0.25) is 0 Å². The van der Waals surface area contributed by atoms with Gasteiger partial charge in [0.1, 0.15) is 23.0 Å². The van der Waals surface area contributed by atoms with Crippen LogP contribution in [0, 0.1) is 17.8 Å². The Kier molecular flexibility index (Phi) is 16.2. The number of thioether (sulfide) groups is 1. The molecule has 2 fully saturated rings. The van der Waals surface area contributed by atoms with Gasteiger partial charge in [-0.2, -0.15) is 11.8 Å². The molecule has 15 heteroatoms. The number of hydrogen-bond donors (Lipinski definition) is 3. The lowest BCUT2D eigenvalue weighted by Gasteiger charge is -2.58. The van der Waals surface area contributed by atoms with Gasteiger partial charge in [-0.25, -0.2) is 4.79 Å². The molecule has 2 aromatic carbocycles. The van der Waals surface area contributed by atoms with Gasteiger partial charge in [0.25, 0.3) is 0 Å². The Hall–Kier alpha value is -4.67. The molecule has 334 valence electrons. The number of carbonyl (C=O) groups is 1. The van der Waals surface area contributed by atoms with Crippen LogP contribution in [0.1, 0.15) is 81.4 Å². The number of allylic oxidation sites excluding steroid dienone is 1. The molecule has 1 unspecified atom stereocenters. The highest BCUT2D eigenvalue weighted by atomic mass is 32.2. The van der Waals surface area contributed by atoms with E-state index in [4.69, 9.17) is 38.4 Å². The molecule has 0 spiro atoms. The summed E-state index contributed by atoms with van der Waals surface area (Å²) in [6.07, 6.45) is 16.8. The van der Waals surface area contributed by atoms with Gasteiger partial charge in [0.15, 0.2) is 0 Å². The SMILES string of the molecule is C=CCO[C@@]12Oc3ccc(OC(=O)Nc4ccc(OC)cc4OC)cc3[C@H]3[C@H](CCCCO)[C@@H](CCCCO)C=C(C(=NOC4CCCCO4)C[C@@H]1SCCc1cnccn1)[C@H]32. The van der Waals surface area contributed by atoms with E-state index in [-0.39, 0.29) is 48.7 Å². The average molecular weight is 873 g/mol. The van der Waals surface area contributed by atoms with Crippen molar-refractivity contribution in [2.75, 3.05) is 51.7 Å². The summed E-state index contributed by atoms with van der Waals surface area (Å²) >= 11 is 1.76. The number of ether oxygens (including phenoxy) is 6. The van der Waals surface area contributed by atoms with Crippen LogP contribution in [0.4, 0.5) is 10.5 Å². The average Bonchev–Trinajstić information content (AvgIpc) is 3.30. The number of carbonyl (C=O) groups excluding carboxylic acids is 1. The third-order valence-electron chi connectivity index (χ3n) is 12.2. The number of nitrogens with zero attached hydrogens (tertiary/aromatic N) is 3. The van der Waals surface area contributed by atoms with E-state index >= 15 is 0 Å². The molecule has 62 heavy (non-hydrogen) atoms. The van der Waals surface area contributed by atoms with Crippen molar-refractivity contribution in [2.24, 2.45) is 22.9 Å². The topological polar surface area (TPSA) is 172 Å². The number of methoxy groups -OCH3 is 2. The van der Waals surface area contributed by atoms with Gasteiger partial charge in [0, 0.05) is 68.6 Å². The van der Waals surface area contributed by atoms with Crippen LogP contribution in [0.5, 0.6) is 23.0 Å². The molecular formula is C47H60N4O10S. The van der Waals surface area contributed by atoms with Crippen LogP contribution in [0.25, 0.3) is 0 Å². The van der Waals surface area contributed by atoms with Crippen molar-refractivity contribution in [3.8, 4) is 23.0 Å². The van der Waals surface area contributed by atoms with E-state index in [2.05, 4.69) is 27.9 Å². The molecule has 3 N–H and O–H groups in total. The lowest BCUT2D eigenvalue weighted by molar-refractivity contribution is -0.223. The maximum atomic E-state index is 13.5. The van der Waals surface area contributed by atoms with Crippen molar-refractivity contribution in [1.82, 2.24) is 9.97 Å². The zero-order valence-corrected chi connectivity index (χ0v) is 36.6. The monoisotopic (exact) mass is 872 g/mol. The Bertz CT molecular complexity index is 2010. The molecule has 2 aliphatic heterocycles. The predicted molar refractivity (Wildman–Crippen MR) is 237 cm³/mol. The van der Waals surface area contributed by atoms with Gasteiger partial charge in [-0.1, -0.05) is 30.1 Å². The molecule has 1 aromatic heterocycles. The van der Waals surface area contributed by atoms with Gasteiger partial charge >= 0.3 is 6.09 Å². The molecule has 3 heterocycles. The quantitative estimate of drug-likeness (QED) is 0.0532. The molecule has 1 amide bonds. The van der Waals surface area contributed by atoms with Gasteiger partial charge in [0.05, 0.1) is 55.7 Å². The van der Waals surface area contributed by atoms with E-state index in [1.54, 1.807) is 67.8 Å². The van der Waals surface area contributed by atoms with Crippen molar-refractivity contribution in [1.29, 1.82) is 0 Å². The van der Waals surface area contributed by atoms with Crippen LogP contribution >= 0.6 is 11.8 Å². The third kappa shape index (κ3) is 10.6. The van der Waals surface area contributed by atoms with Gasteiger partial charge in [0.2, 0.25) is 12.1 Å². The Morgan fingerprint density at radius 1 is 1.05 bits per heavy atom. The molecule has 0 bridgehead atoms. The molecule has 7 rings (SSSR count). The van der Waals surface area contributed by atoms with Gasteiger partial charge in [-0.3, -0.25) is 15.3 Å². The first-order valence-corrected chi connectivity index (χ1v) is 22.9. The first-order valence-electron chi connectivity index (χ1n) is 21.8. The van der Waals surface area contributed by atoms with E-state index < -0.39 is 18.2 Å². The second kappa shape index (κ2) is 22.1. The number of unbranched alkanes of at least 4 members (excludes halogenated alkanes) is 2. The molecular weight excluding hydrogens is 813 g/mol. The summed E-state index contributed by atoms with van der Waals surface area (Å²) in [4.78, 5) is 28.6. The van der Waals surface area contributed by atoms with Crippen molar-refractivity contribution in [3.63, 3.8) is 0 Å². The molecule has 2 aliphatic carbocycles. The lowest BCUT2D eigenvalue weighted by Crippen LogP contribution is -2.64. The summed E-state index contributed by atoms with van der Waals surface area (Å²) in [5.74, 6) is 1.20. The third-order valence-corrected chi connectivity index (χ3v) is 13.5. The van der Waals surface area contributed by atoms with Crippen LogP contribution in [0.3, 0.4) is 0 Å². The number of amides is 1. The minimum Gasteiger partial charge on any atom is -0.497 e. The molecule has 4 aliphatic rings. The summed E-state index contributed by atoms with van der Waals surface area (Å²) in [6, 6.07) is 10.6. The summed E-state index contributed by atoms with van der Waals surface area (Å²) in [6.45, 7) is 5.12. The van der Waals surface area contributed by atoms with Crippen molar-refractivity contribution in [2.45, 2.75) is 93.9 Å². The first-order chi connectivity index (χ1) is 30.4. The Labute approximate surface area is 368 Å². The number of benzene rings is 2. The summed E-state index contributed by atoms with van der Waals surface area (Å²) < 4.78 is 37.2. The van der Waals surface area contributed by atoms with Crippen LogP contribution in [-0.2, 0) is 20.7 Å². The smallest absolute Gasteiger partial charge is 0.417 e. The van der Waals surface area contributed by atoms with Crippen LogP contribution < -0.4 is 24.3 Å². The van der Waals surface area contributed by atoms with E-state index in [0.29, 0.717) is 61.0 Å². The van der Waals surface area contributed by atoms with Crippen molar-refractivity contribution < 1.29 is 48.3 Å². The Morgan fingerprint density at radius 2 is 1.89 bits per heavy atom. The predicted octanol–water partition coefficient (Wildman–Crippen LogP) is 8.24. The Morgan fingerprint density at radius 3 is 2.63 bits per heavy atom. The normalized spacial score (nSPS) is 25.7. The second-order valence-electron chi connectivity index (χ2n) is 16.0. The minimum absolute atomic E-state index is 0.0724. The van der Waals surface area contributed by atoms with Gasteiger partial charge in [-0.15, -0.1) is 6.58 Å². The number of aryl methyl sites for hydroxylation is 1. The summed E-state index contributed by atoms with van der Waals surface area (Å²) in [5.41, 5.74) is 4.06. The molecule has 0 radical (unpaired) electrons. The maximum absolute atomic E-state index is 13.5. The zero-order valence-electron chi connectivity index (χ0n) is 35.7. The molecule has 7 atom stereocenters. The van der Waals surface area contributed by atoms with Gasteiger partial charge in [-0.05, 0) is 92.0 Å². The summed E-state index contributed by atoms with van der Waals surface area (Å²) in [7, 11) is 3.08. The van der Waals surface area contributed by atoms with E-state index in [9.17, 15) is 15.0 Å².